The average Bonchev–Trinajstić information content (AvgIpc) is 2.37. The molecule has 2 aromatic carbocycles. The van der Waals surface area contributed by atoms with Gasteiger partial charge in [-0.1, -0.05) is 36.0 Å². The van der Waals surface area contributed by atoms with Crippen molar-refractivity contribution in [2.24, 2.45) is 5.73 Å². The molecule has 0 spiro atoms. The Bertz CT molecular complexity index is 643. The third-order valence-corrected chi connectivity index (χ3v) is 3.21. The molecule has 2 rings (SSSR count). The first-order valence-electron chi connectivity index (χ1n) is 5.64. The maximum Gasteiger partial charge on any atom is 0.137 e. The van der Waals surface area contributed by atoms with Gasteiger partial charge in [-0.2, -0.15) is 0 Å². The van der Waals surface area contributed by atoms with Crippen molar-refractivity contribution in [1.29, 1.82) is 0 Å². The first kappa shape index (κ1) is 14.7. The second kappa shape index (κ2) is 6.15. The lowest BCUT2D eigenvalue weighted by Crippen LogP contribution is -2.14. The normalized spacial score (nSPS) is 10.3. The quantitative estimate of drug-likeness (QED) is 0.871. The van der Waals surface area contributed by atoms with Gasteiger partial charge in [-0.05, 0) is 24.3 Å². The van der Waals surface area contributed by atoms with Gasteiger partial charge in [0.15, 0.2) is 0 Å². The van der Waals surface area contributed by atoms with Crippen LogP contribution in [-0.2, 0) is 6.61 Å². The molecule has 2 aromatic rings. The van der Waals surface area contributed by atoms with E-state index < -0.39 is 11.6 Å². The number of benzene rings is 2. The summed E-state index contributed by atoms with van der Waals surface area (Å²) < 4.78 is 32.6. The van der Waals surface area contributed by atoms with Crippen molar-refractivity contribution in [1.82, 2.24) is 0 Å². The molecule has 2 N–H and O–H groups in total. The molecule has 0 aliphatic rings. The fourth-order valence-electron chi connectivity index (χ4n) is 1.68. The number of nitrogens with two attached hydrogens (primary N) is 1. The van der Waals surface area contributed by atoms with Crippen molar-refractivity contribution >= 4 is 28.8 Å². The van der Waals surface area contributed by atoms with Gasteiger partial charge in [0.1, 0.15) is 29.0 Å². The van der Waals surface area contributed by atoms with Crippen LogP contribution < -0.4 is 10.5 Å². The van der Waals surface area contributed by atoms with Crippen LogP contribution in [0, 0.1) is 11.6 Å². The van der Waals surface area contributed by atoms with Gasteiger partial charge in [0, 0.05) is 5.56 Å². The van der Waals surface area contributed by atoms with E-state index >= 15 is 0 Å². The van der Waals surface area contributed by atoms with Gasteiger partial charge in [0.25, 0.3) is 0 Å². The summed E-state index contributed by atoms with van der Waals surface area (Å²) in [6.45, 7) is -0.148. The lowest BCUT2D eigenvalue weighted by atomic mass is 10.2. The van der Waals surface area contributed by atoms with Crippen LogP contribution in [-0.4, -0.2) is 4.99 Å². The molecule has 0 saturated carbocycles. The molecule has 0 saturated heterocycles. The highest BCUT2D eigenvalue weighted by atomic mass is 35.5. The van der Waals surface area contributed by atoms with E-state index in [-0.39, 0.29) is 33.5 Å². The molecule has 0 aliphatic heterocycles. The van der Waals surface area contributed by atoms with Gasteiger partial charge >= 0.3 is 0 Å². The van der Waals surface area contributed by atoms with E-state index in [9.17, 15) is 8.78 Å². The Balaban J connectivity index is 2.28. The molecule has 2 nitrogen and oxygen atoms in total. The van der Waals surface area contributed by atoms with Crippen LogP contribution in [0.1, 0.15) is 11.1 Å². The number of thiocarbonyl (C=S) groups is 1. The molecular weight excluding hydrogens is 304 g/mol. The maximum atomic E-state index is 13.6. The topological polar surface area (TPSA) is 35.2 Å². The van der Waals surface area contributed by atoms with Crippen molar-refractivity contribution < 1.29 is 13.5 Å². The van der Waals surface area contributed by atoms with Gasteiger partial charge in [-0.25, -0.2) is 8.78 Å². The van der Waals surface area contributed by atoms with E-state index in [0.29, 0.717) is 0 Å². The molecule has 0 unspecified atom stereocenters. The molecule has 0 bridgehead atoms. The number of halogens is 3. The van der Waals surface area contributed by atoms with Crippen LogP contribution >= 0.6 is 23.8 Å². The van der Waals surface area contributed by atoms with Crippen molar-refractivity contribution in [2.75, 3.05) is 0 Å². The second-order valence-corrected chi connectivity index (χ2v) is 4.81. The fourth-order valence-corrected chi connectivity index (χ4v) is 2.10. The highest BCUT2D eigenvalue weighted by molar-refractivity contribution is 7.80. The summed E-state index contributed by atoms with van der Waals surface area (Å²) in [5.41, 5.74) is 5.64. The first-order valence-corrected chi connectivity index (χ1v) is 6.43. The first-order chi connectivity index (χ1) is 9.50. The number of hydrogen-bond acceptors (Lipinski definition) is 2. The van der Waals surface area contributed by atoms with E-state index in [4.69, 9.17) is 34.3 Å². The maximum absolute atomic E-state index is 13.6. The van der Waals surface area contributed by atoms with Crippen molar-refractivity contribution in [3.63, 3.8) is 0 Å². The second-order valence-electron chi connectivity index (χ2n) is 3.97. The molecule has 0 radical (unpaired) electrons. The van der Waals surface area contributed by atoms with Crippen molar-refractivity contribution in [2.45, 2.75) is 6.61 Å². The highest BCUT2D eigenvalue weighted by Gasteiger charge is 2.14. The Morgan fingerprint density at radius 3 is 2.45 bits per heavy atom. The average molecular weight is 314 g/mol. The monoisotopic (exact) mass is 313 g/mol. The van der Waals surface area contributed by atoms with Crippen LogP contribution in [0.5, 0.6) is 5.75 Å². The minimum Gasteiger partial charge on any atom is -0.488 e. The van der Waals surface area contributed by atoms with Crippen LogP contribution in [0.4, 0.5) is 8.78 Å². The van der Waals surface area contributed by atoms with Crippen molar-refractivity contribution in [3.05, 3.63) is 64.2 Å². The largest absolute Gasteiger partial charge is 0.488 e. The third kappa shape index (κ3) is 3.05. The van der Waals surface area contributed by atoms with Gasteiger partial charge in [0.05, 0.1) is 10.6 Å². The molecule has 0 amide bonds. The van der Waals surface area contributed by atoms with Gasteiger partial charge in [-0.15, -0.1) is 0 Å². The fraction of sp³-hybridized carbons (Fsp3) is 0.0714. The van der Waals surface area contributed by atoms with Gasteiger partial charge in [-0.3, -0.25) is 0 Å². The van der Waals surface area contributed by atoms with E-state index in [1.54, 1.807) is 6.07 Å². The summed E-state index contributed by atoms with van der Waals surface area (Å²) in [5.74, 6) is -0.933. The van der Waals surface area contributed by atoms with Crippen LogP contribution in [0.3, 0.4) is 0 Å². The molecule has 0 aliphatic carbocycles. The van der Waals surface area contributed by atoms with E-state index in [0.717, 1.165) is 0 Å². The van der Waals surface area contributed by atoms with Crippen molar-refractivity contribution in [3.8, 4) is 5.75 Å². The Hall–Kier alpha value is -1.72. The van der Waals surface area contributed by atoms with Crippen LogP contribution in [0.2, 0.25) is 5.02 Å². The standard InChI is InChI=1S/C14H10ClF2NOS/c15-9-3-1-4-10(16)8(9)7-19-12-6-2-5-11(17)13(12)14(18)20/h1-6H,7H2,(H2,18,20). The number of ether oxygens (including phenoxy) is 1. The van der Waals surface area contributed by atoms with E-state index in [1.165, 1.54) is 30.3 Å². The molecule has 6 heteroatoms. The minimum atomic E-state index is -0.588. The Morgan fingerprint density at radius 2 is 1.80 bits per heavy atom. The Morgan fingerprint density at radius 1 is 1.15 bits per heavy atom. The van der Waals surface area contributed by atoms with Gasteiger partial charge in [0.2, 0.25) is 0 Å². The Kier molecular flexibility index (Phi) is 4.52. The van der Waals surface area contributed by atoms with E-state index in [1.807, 2.05) is 0 Å². The van der Waals surface area contributed by atoms with E-state index in [2.05, 4.69) is 0 Å². The molecule has 20 heavy (non-hydrogen) atoms. The highest BCUT2D eigenvalue weighted by Crippen LogP contribution is 2.25. The SMILES string of the molecule is NC(=S)c1c(F)cccc1OCc1c(F)cccc1Cl. The summed E-state index contributed by atoms with van der Waals surface area (Å²) in [5, 5.41) is 0.235. The lowest BCUT2D eigenvalue weighted by molar-refractivity contribution is 0.298. The summed E-state index contributed by atoms with van der Waals surface area (Å²) in [6.07, 6.45) is 0. The molecule has 104 valence electrons. The summed E-state index contributed by atoms with van der Waals surface area (Å²) in [6, 6.07) is 8.48. The molecule has 0 fully saturated rings. The zero-order valence-corrected chi connectivity index (χ0v) is 11.8. The molecular formula is C14H10ClF2NOS. The minimum absolute atomic E-state index is 0.00467. The lowest BCUT2D eigenvalue weighted by Gasteiger charge is -2.12. The zero-order chi connectivity index (χ0) is 14.7. The Labute approximate surface area is 125 Å². The summed E-state index contributed by atoms with van der Waals surface area (Å²) >= 11 is 10.7. The number of rotatable bonds is 4. The van der Waals surface area contributed by atoms with Gasteiger partial charge < -0.3 is 10.5 Å². The smallest absolute Gasteiger partial charge is 0.137 e. The summed E-state index contributed by atoms with van der Waals surface area (Å²) in [7, 11) is 0. The molecule has 0 heterocycles. The molecule has 0 atom stereocenters. The number of hydrogen-bond donors (Lipinski definition) is 1. The third-order valence-electron chi connectivity index (χ3n) is 2.66. The predicted molar refractivity (Wildman–Crippen MR) is 78.0 cm³/mol. The van der Waals surface area contributed by atoms with Crippen LogP contribution in [0.25, 0.3) is 0 Å². The van der Waals surface area contributed by atoms with Crippen LogP contribution in [0.15, 0.2) is 36.4 Å². The molecule has 0 aromatic heterocycles. The predicted octanol–water partition coefficient (Wildman–Crippen LogP) is 3.83. The summed E-state index contributed by atoms with van der Waals surface area (Å²) in [4.78, 5) is -0.127. The zero-order valence-electron chi connectivity index (χ0n) is 10.2.